The van der Waals surface area contributed by atoms with E-state index in [1.54, 1.807) is 0 Å². The first-order valence-electron chi connectivity index (χ1n) is 10.9. The lowest BCUT2D eigenvalue weighted by atomic mass is 9.97. The Morgan fingerprint density at radius 2 is 1.04 bits per heavy atom. The molecule has 0 spiro atoms. The van der Waals surface area contributed by atoms with E-state index < -0.39 is 0 Å². The average molecular weight is 343 g/mol. The molecule has 2 heteroatoms. The number of rotatable bonds is 19. The quantitative estimate of drug-likeness (QED) is 0.255. The molecule has 1 atom stereocenters. The molecule has 0 heterocycles. The monoisotopic (exact) mass is 342 g/mol. The summed E-state index contributed by atoms with van der Waals surface area (Å²) in [4.78, 5) is 0. The van der Waals surface area contributed by atoms with Crippen LogP contribution in [0.3, 0.4) is 0 Å². The minimum atomic E-state index is -0.312. The summed E-state index contributed by atoms with van der Waals surface area (Å²) in [7, 11) is 0. The predicted octanol–water partition coefficient (Wildman–Crippen LogP) is 7.04. The Hall–Kier alpha value is -0.0800. The van der Waals surface area contributed by atoms with Gasteiger partial charge in [-0.1, -0.05) is 104 Å². The molecule has 2 nitrogen and oxygen atoms in total. The van der Waals surface area contributed by atoms with E-state index in [2.05, 4.69) is 13.8 Å². The lowest BCUT2D eigenvalue weighted by Crippen LogP contribution is -2.33. The van der Waals surface area contributed by atoms with Crippen molar-refractivity contribution in [3.05, 3.63) is 0 Å². The van der Waals surface area contributed by atoms with E-state index in [9.17, 15) is 5.11 Å². The van der Waals surface area contributed by atoms with E-state index in [0.29, 0.717) is 0 Å². The number of hydrogen-bond acceptors (Lipinski definition) is 2. The van der Waals surface area contributed by atoms with Gasteiger partial charge in [0.05, 0.1) is 12.2 Å². The molecule has 0 bridgehead atoms. The molecule has 1 N–H and O–H groups in total. The maximum Gasteiger partial charge on any atom is 0.0884 e. The Morgan fingerprint density at radius 1 is 0.625 bits per heavy atom. The molecule has 0 aromatic heterocycles. The van der Waals surface area contributed by atoms with Crippen molar-refractivity contribution in [2.24, 2.45) is 0 Å². The minimum Gasteiger partial charge on any atom is -0.393 e. The highest BCUT2D eigenvalue weighted by Gasteiger charge is 2.22. The smallest absolute Gasteiger partial charge is 0.0884 e. The van der Waals surface area contributed by atoms with Gasteiger partial charge in [-0.3, -0.25) is 0 Å². The third kappa shape index (κ3) is 15.4. The first-order valence-corrected chi connectivity index (χ1v) is 10.9. The Balaban J connectivity index is 3.27. The van der Waals surface area contributed by atoms with Gasteiger partial charge in [-0.15, -0.1) is 0 Å². The molecule has 0 fully saturated rings. The Morgan fingerprint density at radius 3 is 1.42 bits per heavy atom. The van der Waals surface area contributed by atoms with Crippen LogP contribution >= 0.6 is 0 Å². The van der Waals surface area contributed by atoms with Crippen LogP contribution in [0.2, 0.25) is 0 Å². The van der Waals surface area contributed by atoms with Crippen molar-refractivity contribution in [3.8, 4) is 0 Å². The Labute approximate surface area is 152 Å². The van der Waals surface area contributed by atoms with Gasteiger partial charge in [-0.05, 0) is 19.8 Å². The summed E-state index contributed by atoms with van der Waals surface area (Å²) in [5.74, 6) is 0. The van der Waals surface area contributed by atoms with Gasteiger partial charge < -0.3 is 9.84 Å². The summed E-state index contributed by atoms with van der Waals surface area (Å²) in [5.41, 5.74) is -0.312. The van der Waals surface area contributed by atoms with Crippen LogP contribution in [-0.4, -0.2) is 23.9 Å². The van der Waals surface area contributed by atoms with E-state index in [4.69, 9.17) is 4.74 Å². The maximum absolute atomic E-state index is 9.49. The maximum atomic E-state index is 9.49. The molecule has 24 heavy (non-hydrogen) atoms. The van der Waals surface area contributed by atoms with E-state index in [-0.39, 0.29) is 12.2 Å². The van der Waals surface area contributed by atoms with Gasteiger partial charge in [-0.2, -0.15) is 0 Å². The molecular formula is C22H46O2. The molecule has 1 unspecified atom stereocenters. The standard InChI is InChI=1S/C22H46O2/c1-4-6-7-8-9-10-11-12-13-14-15-16-17-18-19-22(3,21-23)24-20-5-2/h23H,4-21H2,1-3H3. The highest BCUT2D eigenvalue weighted by atomic mass is 16.5. The van der Waals surface area contributed by atoms with Crippen LogP contribution in [0.15, 0.2) is 0 Å². The van der Waals surface area contributed by atoms with Crippen LogP contribution in [0, 0.1) is 0 Å². The van der Waals surface area contributed by atoms with E-state index in [1.165, 1.54) is 89.9 Å². The van der Waals surface area contributed by atoms with E-state index in [1.807, 2.05) is 6.92 Å². The van der Waals surface area contributed by atoms with Gasteiger partial charge >= 0.3 is 0 Å². The van der Waals surface area contributed by atoms with Crippen molar-refractivity contribution in [1.82, 2.24) is 0 Å². The number of unbranched alkanes of at least 4 members (excludes halogenated alkanes) is 13. The zero-order valence-electron chi connectivity index (χ0n) is 17.1. The fourth-order valence-electron chi connectivity index (χ4n) is 3.24. The number of aliphatic hydroxyl groups excluding tert-OH is 1. The molecule has 0 aromatic rings. The summed E-state index contributed by atoms with van der Waals surface area (Å²) >= 11 is 0. The van der Waals surface area contributed by atoms with Crippen LogP contribution in [0.1, 0.15) is 124 Å². The van der Waals surface area contributed by atoms with E-state index in [0.717, 1.165) is 19.4 Å². The lowest BCUT2D eigenvalue weighted by Gasteiger charge is -2.27. The van der Waals surface area contributed by atoms with Crippen molar-refractivity contribution < 1.29 is 9.84 Å². The van der Waals surface area contributed by atoms with Crippen molar-refractivity contribution in [1.29, 1.82) is 0 Å². The second kappa shape index (κ2) is 17.7. The van der Waals surface area contributed by atoms with Crippen LogP contribution < -0.4 is 0 Å². The molecule has 0 radical (unpaired) electrons. The first kappa shape index (κ1) is 23.9. The third-order valence-electron chi connectivity index (χ3n) is 5.05. The molecule has 0 aliphatic heterocycles. The SMILES string of the molecule is CCCCCCCCCCCCCCCCC(C)(CO)OCCC. The van der Waals surface area contributed by atoms with Crippen LogP contribution in [0.4, 0.5) is 0 Å². The fraction of sp³-hybridized carbons (Fsp3) is 1.00. The van der Waals surface area contributed by atoms with Gasteiger partial charge in [0.1, 0.15) is 0 Å². The Kier molecular flexibility index (Phi) is 17.7. The minimum absolute atomic E-state index is 0.144. The number of aliphatic hydroxyl groups is 1. The molecule has 0 aromatic carbocycles. The molecule has 0 rings (SSSR count). The second-order valence-corrected chi connectivity index (χ2v) is 7.80. The molecule has 0 saturated heterocycles. The molecule has 0 aliphatic rings. The highest BCUT2D eigenvalue weighted by molar-refractivity contribution is 4.73. The normalized spacial score (nSPS) is 14.0. The fourth-order valence-corrected chi connectivity index (χ4v) is 3.24. The molecule has 146 valence electrons. The van der Waals surface area contributed by atoms with Crippen LogP contribution in [0.25, 0.3) is 0 Å². The van der Waals surface area contributed by atoms with Crippen molar-refractivity contribution in [2.45, 2.75) is 129 Å². The van der Waals surface area contributed by atoms with Crippen molar-refractivity contribution in [2.75, 3.05) is 13.2 Å². The second-order valence-electron chi connectivity index (χ2n) is 7.80. The van der Waals surface area contributed by atoms with Crippen LogP contribution in [0.5, 0.6) is 0 Å². The van der Waals surface area contributed by atoms with E-state index >= 15 is 0 Å². The number of ether oxygens (including phenoxy) is 1. The molecule has 0 aliphatic carbocycles. The van der Waals surface area contributed by atoms with Gasteiger partial charge in [0, 0.05) is 6.61 Å². The number of hydrogen-bond donors (Lipinski definition) is 1. The summed E-state index contributed by atoms with van der Waals surface area (Å²) in [6.07, 6.45) is 21.4. The zero-order chi connectivity index (χ0) is 17.9. The van der Waals surface area contributed by atoms with Crippen LogP contribution in [-0.2, 0) is 4.74 Å². The zero-order valence-corrected chi connectivity index (χ0v) is 17.1. The molecular weight excluding hydrogens is 296 g/mol. The summed E-state index contributed by atoms with van der Waals surface area (Å²) < 4.78 is 5.79. The molecule has 0 amide bonds. The largest absolute Gasteiger partial charge is 0.393 e. The summed E-state index contributed by atoms with van der Waals surface area (Å²) in [5, 5.41) is 9.49. The Bertz CT molecular complexity index is 242. The lowest BCUT2D eigenvalue weighted by molar-refractivity contribution is -0.0729. The summed E-state index contributed by atoms with van der Waals surface area (Å²) in [6, 6.07) is 0. The topological polar surface area (TPSA) is 29.5 Å². The predicted molar refractivity (Wildman–Crippen MR) is 107 cm³/mol. The third-order valence-corrected chi connectivity index (χ3v) is 5.05. The van der Waals surface area contributed by atoms with Gasteiger partial charge in [0.25, 0.3) is 0 Å². The van der Waals surface area contributed by atoms with Crippen molar-refractivity contribution in [3.63, 3.8) is 0 Å². The molecule has 0 saturated carbocycles. The van der Waals surface area contributed by atoms with Gasteiger partial charge in [-0.25, -0.2) is 0 Å². The first-order chi connectivity index (χ1) is 11.7. The van der Waals surface area contributed by atoms with Gasteiger partial charge in [0.15, 0.2) is 0 Å². The average Bonchev–Trinajstić information content (AvgIpc) is 2.60. The van der Waals surface area contributed by atoms with Gasteiger partial charge in [0.2, 0.25) is 0 Å². The highest BCUT2D eigenvalue weighted by Crippen LogP contribution is 2.20. The van der Waals surface area contributed by atoms with Crippen molar-refractivity contribution >= 4 is 0 Å². The summed E-state index contributed by atoms with van der Waals surface area (Å²) in [6.45, 7) is 7.35.